The summed E-state index contributed by atoms with van der Waals surface area (Å²) in [4.78, 5) is 22.3. The van der Waals surface area contributed by atoms with Gasteiger partial charge in [0.1, 0.15) is 0 Å². The molecule has 6 nitrogen and oxygen atoms in total. The van der Waals surface area contributed by atoms with Crippen LogP contribution < -0.4 is 10.6 Å². The van der Waals surface area contributed by atoms with E-state index in [4.69, 9.17) is 0 Å². The van der Waals surface area contributed by atoms with Crippen molar-refractivity contribution < 1.29 is 9.72 Å². The summed E-state index contributed by atoms with van der Waals surface area (Å²) in [5, 5.41) is 17.0. The minimum Gasteiger partial charge on any atom is -0.352 e. The largest absolute Gasteiger partial charge is 0.352 e. The Morgan fingerprint density at radius 1 is 1.55 bits per heavy atom. The normalized spacial score (nSPS) is 17.9. The van der Waals surface area contributed by atoms with Crippen LogP contribution in [0.15, 0.2) is 18.2 Å². The Morgan fingerprint density at radius 3 is 3.00 bits per heavy atom. The van der Waals surface area contributed by atoms with Crippen molar-refractivity contribution in [2.24, 2.45) is 0 Å². The molecule has 20 heavy (non-hydrogen) atoms. The van der Waals surface area contributed by atoms with Gasteiger partial charge < -0.3 is 10.6 Å². The SMILES string of the molecule is Cc1c(CNC(=O)CC2CCCN2)cccc1[N+](=O)[O-]. The first kappa shape index (κ1) is 14.5. The maximum absolute atomic E-state index is 11.8. The molecule has 1 fully saturated rings. The summed E-state index contributed by atoms with van der Waals surface area (Å²) >= 11 is 0. The highest BCUT2D eigenvalue weighted by molar-refractivity contribution is 5.76. The second-order valence-corrected chi connectivity index (χ2v) is 5.09. The Labute approximate surface area is 117 Å². The van der Waals surface area contributed by atoms with Crippen LogP contribution in [0.1, 0.15) is 30.4 Å². The minimum atomic E-state index is -0.400. The number of hydrogen-bond acceptors (Lipinski definition) is 4. The first-order valence-electron chi connectivity index (χ1n) is 6.81. The molecule has 1 unspecified atom stereocenters. The fourth-order valence-electron chi connectivity index (χ4n) is 2.48. The van der Waals surface area contributed by atoms with Gasteiger partial charge in [-0.05, 0) is 31.9 Å². The molecule has 1 aromatic carbocycles. The summed E-state index contributed by atoms with van der Waals surface area (Å²) in [6.45, 7) is 3.01. The Kier molecular flexibility index (Phi) is 4.68. The third-order valence-electron chi connectivity index (χ3n) is 3.68. The van der Waals surface area contributed by atoms with Gasteiger partial charge in [0, 0.05) is 30.6 Å². The molecule has 0 spiro atoms. The van der Waals surface area contributed by atoms with Crippen LogP contribution in [0.25, 0.3) is 0 Å². The average molecular weight is 277 g/mol. The molecule has 0 radical (unpaired) electrons. The zero-order chi connectivity index (χ0) is 14.5. The van der Waals surface area contributed by atoms with Crippen LogP contribution in [0.2, 0.25) is 0 Å². The third-order valence-corrected chi connectivity index (χ3v) is 3.68. The molecule has 2 rings (SSSR count). The summed E-state index contributed by atoms with van der Waals surface area (Å²) in [7, 11) is 0. The van der Waals surface area contributed by atoms with Gasteiger partial charge in [-0.2, -0.15) is 0 Å². The first-order valence-corrected chi connectivity index (χ1v) is 6.81. The molecule has 1 aromatic rings. The van der Waals surface area contributed by atoms with Crippen molar-refractivity contribution in [1.82, 2.24) is 10.6 Å². The molecular weight excluding hydrogens is 258 g/mol. The van der Waals surface area contributed by atoms with Crippen molar-refractivity contribution in [3.05, 3.63) is 39.4 Å². The molecule has 1 aliphatic heterocycles. The highest BCUT2D eigenvalue weighted by atomic mass is 16.6. The van der Waals surface area contributed by atoms with Crippen molar-refractivity contribution in [2.75, 3.05) is 6.54 Å². The van der Waals surface area contributed by atoms with Crippen LogP contribution in [0.5, 0.6) is 0 Å². The lowest BCUT2D eigenvalue weighted by Crippen LogP contribution is -2.31. The predicted molar refractivity (Wildman–Crippen MR) is 75.3 cm³/mol. The van der Waals surface area contributed by atoms with E-state index in [1.807, 2.05) is 0 Å². The zero-order valence-corrected chi connectivity index (χ0v) is 11.5. The second kappa shape index (κ2) is 6.47. The number of hydrogen-bond donors (Lipinski definition) is 2. The highest BCUT2D eigenvalue weighted by Crippen LogP contribution is 2.20. The maximum Gasteiger partial charge on any atom is 0.272 e. The van der Waals surface area contributed by atoms with Gasteiger partial charge in [-0.25, -0.2) is 0 Å². The molecule has 108 valence electrons. The van der Waals surface area contributed by atoms with Crippen LogP contribution in [0.4, 0.5) is 5.69 Å². The molecule has 0 aromatic heterocycles. The lowest BCUT2D eigenvalue weighted by atomic mass is 10.1. The van der Waals surface area contributed by atoms with E-state index >= 15 is 0 Å². The van der Waals surface area contributed by atoms with Crippen LogP contribution in [-0.2, 0) is 11.3 Å². The van der Waals surface area contributed by atoms with Gasteiger partial charge in [0.25, 0.3) is 5.69 Å². The number of amides is 1. The van der Waals surface area contributed by atoms with E-state index in [9.17, 15) is 14.9 Å². The van der Waals surface area contributed by atoms with Crippen molar-refractivity contribution in [3.63, 3.8) is 0 Å². The lowest BCUT2D eigenvalue weighted by molar-refractivity contribution is -0.385. The Morgan fingerprint density at radius 2 is 2.35 bits per heavy atom. The van der Waals surface area contributed by atoms with Crippen LogP contribution >= 0.6 is 0 Å². The zero-order valence-electron chi connectivity index (χ0n) is 11.5. The van der Waals surface area contributed by atoms with Crippen LogP contribution in [-0.4, -0.2) is 23.4 Å². The molecule has 1 atom stereocenters. The number of carbonyl (C=O) groups excluding carboxylic acids is 1. The standard InChI is InChI=1S/C14H19N3O3/c1-10-11(4-2-6-13(10)17(19)20)9-16-14(18)8-12-5-3-7-15-12/h2,4,6,12,15H,3,5,7-9H2,1H3,(H,16,18). The van der Waals surface area contributed by atoms with Gasteiger partial charge in [0.05, 0.1) is 4.92 Å². The highest BCUT2D eigenvalue weighted by Gasteiger charge is 2.18. The third kappa shape index (κ3) is 3.54. The minimum absolute atomic E-state index is 0.0182. The first-order chi connectivity index (χ1) is 9.58. The fraction of sp³-hybridized carbons (Fsp3) is 0.500. The van der Waals surface area contributed by atoms with Gasteiger partial charge in [-0.1, -0.05) is 12.1 Å². The summed E-state index contributed by atoms with van der Waals surface area (Å²) in [5.74, 6) is -0.0182. The van der Waals surface area contributed by atoms with E-state index in [0.717, 1.165) is 24.9 Å². The molecule has 0 aliphatic carbocycles. The quantitative estimate of drug-likeness (QED) is 0.633. The number of nitro groups is 1. The van der Waals surface area contributed by atoms with Crippen LogP contribution in [0, 0.1) is 17.0 Å². The van der Waals surface area contributed by atoms with Crippen molar-refractivity contribution in [1.29, 1.82) is 0 Å². The molecule has 1 saturated heterocycles. The van der Waals surface area contributed by atoms with Crippen molar-refractivity contribution >= 4 is 11.6 Å². The van der Waals surface area contributed by atoms with Gasteiger partial charge in [-0.3, -0.25) is 14.9 Å². The average Bonchev–Trinajstić information content (AvgIpc) is 2.90. The Hall–Kier alpha value is -1.95. The fourth-order valence-corrected chi connectivity index (χ4v) is 2.48. The van der Waals surface area contributed by atoms with E-state index < -0.39 is 4.92 Å². The van der Waals surface area contributed by atoms with Gasteiger partial charge >= 0.3 is 0 Å². The summed E-state index contributed by atoms with van der Waals surface area (Å²) in [5.41, 5.74) is 1.48. The summed E-state index contributed by atoms with van der Waals surface area (Å²) < 4.78 is 0. The maximum atomic E-state index is 11.8. The second-order valence-electron chi connectivity index (χ2n) is 5.09. The smallest absolute Gasteiger partial charge is 0.272 e. The van der Waals surface area contributed by atoms with Gasteiger partial charge in [-0.15, -0.1) is 0 Å². The number of rotatable bonds is 5. The monoisotopic (exact) mass is 277 g/mol. The summed E-state index contributed by atoms with van der Waals surface area (Å²) in [6, 6.07) is 5.19. The molecule has 0 saturated carbocycles. The molecule has 1 heterocycles. The molecule has 1 amide bonds. The van der Waals surface area contributed by atoms with E-state index in [-0.39, 0.29) is 17.6 Å². The molecular formula is C14H19N3O3. The number of nitro benzene ring substituents is 1. The molecule has 1 aliphatic rings. The number of benzene rings is 1. The number of nitrogens with zero attached hydrogens (tertiary/aromatic N) is 1. The number of carbonyl (C=O) groups is 1. The molecule has 2 N–H and O–H groups in total. The van der Waals surface area contributed by atoms with E-state index in [2.05, 4.69) is 10.6 Å². The molecule has 6 heteroatoms. The van der Waals surface area contributed by atoms with E-state index in [1.54, 1.807) is 19.1 Å². The van der Waals surface area contributed by atoms with Crippen LogP contribution in [0.3, 0.4) is 0 Å². The summed E-state index contributed by atoms with van der Waals surface area (Å²) in [6.07, 6.45) is 2.61. The van der Waals surface area contributed by atoms with E-state index in [1.165, 1.54) is 6.07 Å². The van der Waals surface area contributed by atoms with Crippen molar-refractivity contribution in [2.45, 2.75) is 38.8 Å². The lowest BCUT2D eigenvalue weighted by Gasteiger charge is -2.11. The Bertz CT molecular complexity index is 510. The van der Waals surface area contributed by atoms with Gasteiger partial charge in [0.2, 0.25) is 5.91 Å². The number of nitrogens with one attached hydrogen (secondary N) is 2. The van der Waals surface area contributed by atoms with Crippen molar-refractivity contribution in [3.8, 4) is 0 Å². The predicted octanol–water partition coefficient (Wildman–Crippen LogP) is 1.66. The topological polar surface area (TPSA) is 84.3 Å². The Balaban J connectivity index is 1.91. The van der Waals surface area contributed by atoms with Gasteiger partial charge in [0.15, 0.2) is 0 Å². The van der Waals surface area contributed by atoms with E-state index in [0.29, 0.717) is 18.5 Å². The molecule has 0 bridgehead atoms.